The third-order valence-electron chi connectivity index (χ3n) is 2.32. The van der Waals surface area contributed by atoms with Gasteiger partial charge in [0.15, 0.2) is 0 Å². The topological polar surface area (TPSA) is 46.5 Å². The molecule has 1 aromatic rings. The maximum absolute atomic E-state index is 11.0. The molecule has 0 aromatic heterocycles. The van der Waals surface area contributed by atoms with Crippen molar-refractivity contribution in [2.45, 2.75) is 32.8 Å². The third-order valence-corrected chi connectivity index (χ3v) is 2.32. The van der Waals surface area contributed by atoms with Gasteiger partial charge in [0.2, 0.25) is 0 Å². The van der Waals surface area contributed by atoms with E-state index >= 15 is 0 Å². The van der Waals surface area contributed by atoms with E-state index in [0.29, 0.717) is 5.75 Å². The van der Waals surface area contributed by atoms with Gasteiger partial charge in [0, 0.05) is 6.42 Å². The number of carboxylic acids is 1. The molecule has 0 aliphatic carbocycles. The highest BCUT2D eigenvalue weighted by atomic mass is 16.5. The molecule has 0 aliphatic rings. The lowest BCUT2D eigenvalue weighted by Gasteiger charge is -2.14. The molecule has 3 heteroatoms. The smallest absolute Gasteiger partial charge is 0.339 e. The quantitative estimate of drug-likeness (QED) is 0.766. The molecule has 0 fully saturated rings. The number of carbonyl (C=O) groups is 1. The molecule has 1 aromatic carbocycles. The monoisotopic (exact) mass is 234 g/mol. The predicted molar refractivity (Wildman–Crippen MR) is 67.5 cm³/mol. The number of hydrogen-bond acceptors (Lipinski definition) is 2. The fraction of sp³-hybridized carbons (Fsp3) is 0.357. The minimum Gasteiger partial charge on any atom is -0.489 e. The Bertz CT molecular complexity index is 396. The van der Waals surface area contributed by atoms with Gasteiger partial charge < -0.3 is 9.84 Å². The van der Waals surface area contributed by atoms with E-state index in [-0.39, 0.29) is 11.7 Å². The van der Waals surface area contributed by atoms with Gasteiger partial charge >= 0.3 is 5.97 Å². The molecule has 0 saturated heterocycles. The van der Waals surface area contributed by atoms with Gasteiger partial charge in [0.05, 0.1) is 6.10 Å². The Labute approximate surface area is 102 Å². The van der Waals surface area contributed by atoms with Crippen LogP contribution in [-0.4, -0.2) is 17.2 Å². The molecule has 0 bridgehead atoms. The molecule has 92 valence electrons. The van der Waals surface area contributed by atoms with Crippen LogP contribution in [0, 0.1) is 0 Å². The van der Waals surface area contributed by atoms with Gasteiger partial charge in [-0.25, -0.2) is 4.79 Å². The van der Waals surface area contributed by atoms with E-state index in [0.717, 1.165) is 12.8 Å². The van der Waals surface area contributed by atoms with E-state index in [1.165, 1.54) is 0 Å². The summed E-state index contributed by atoms with van der Waals surface area (Å²) in [5, 5.41) is 9.00. The number of carboxylic acid groups (broad SMARTS) is 1. The zero-order chi connectivity index (χ0) is 12.7. The summed E-state index contributed by atoms with van der Waals surface area (Å²) in [4.78, 5) is 11.0. The van der Waals surface area contributed by atoms with Gasteiger partial charge in [-0.15, -0.1) is 0 Å². The summed E-state index contributed by atoms with van der Waals surface area (Å²) >= 11 is 0. The summed E-state index contributed by atoms with van der Waals surface area (Å²) in [7, 11) is 0. The lowest BCUT2D eigenvalue weighted by Crippen LogP contribution is -2.13. The highest BCUT2D eigenvalue weighted by molar-refractivity contribution is 5.90. The van der Waals surface area contributed by atoms with Crippen LogP contribution in [0.5, 0.6) is 5.75 Å². The van der Waals surface area contributed by atoms with E-state index in [4.69, 9.17) is 9.84 Å². The molecular weight excluding hydrogens is 216 g/mol. The second-order valence-corrected chi connectivity index (χ2v) is 3.85. The maximum atomic E-state index is 11.0. The van der Waals surface area contributed by atoms with Crippen LogP contribution in [0.4, 0.5) is 0 Å². The van der Waals surface area contributed by atoms with Crippen LogP contribution < -0.4 is 4.74 Å². The van der Waals surface area contributed by atoms with Gasteiger partial charge in [0.25, 0.3) is 0 Å². The van der Waals surface area contributed by atoms with Crippen LogP contribution in [0.25, 0.3) is 0 Å². The Morgan fingerprint density at radius 1 is 1.41 bits per heavy atom. The van der Waals surface area contributed by atoms with Crippen LogP contribution in [0.3, 0.4) is 0 Å². The Balaban J connectivity index is 2.67. The first-order valence-corrected chi connectivity index (χ1v) is 5.79. The molecule has 1 atom stereocenters. The molecule has 0 heterocycles. The van der Waals surface area contributed by atoms with Crippen LogP contribution in [0.1, 0.15) is 37.0 Å². The number of hydrogen-bond donors (Lipinski definition) is 1. The lowest BCUT2D eigenvalue weighted by molar-refractivity contribution is 0.0690. The van der Waals surface area contributed by atoms with E-state index in [1.807, 2.05) is 13.0 Å². The largest absolute Gasteiger partial charge is 0.489 e. The molecule has 3 nitrogen and oxygen atoms in total. The second kappa shape index (κ2) is 6.74. The minimum absolute atomic E-state index is 0.0294. The normalized spacial score (nSPS) is 12.6. The van der Waals surface area contributed by atoms with Crippen molar-refractivity contribution in [2.24, 2.45) is 0 Å². The molecule has 17 heavy (non-hydrogen) atoms. The molecule has 0 amide bonds. The zero-order valence-corrected chi connectivity index (χ0v) is 10.2. The molecule has 1 unspecified atom stereocenters. The van der Waals surface area contributed by atoms with Gasteiger partial charge in [-0.05, 0) is 25.5 Å². The first-order chi connectivity index (χ1) is 8.15. The first kappa shape index (κ1) is 13.3. The summed E-state index contributed by atoms with van der Waals surface area (Å²) in [6, 6.07) is 6.70. The Kier molecular flexibility index (Phi) is 5.27. The van der Waals surface area contributed by atoms with Crippen molar-refractivity contribution in [3.8, 4) is 5.75 Å². The van der Waals surface area contributed by atoms with Crippen molar-refractivity contribution in [3.05, 3.63) is 42.0 Å². The SMILES string of the molecule is CC/C=C\CC(C)Oc1ccccc1C(=O)O. The van der Waals surface area contributed by atoms with Gasteiger partial charge in [-0.2, -0.15) is 0 Å². The Morgan fingerprint density at radius 2 is 2.12 bits per heavy atom. The molecule has 0 aliphatic heterocycles. The summed E-state index contributed by atoms with van der Waals surface area (Å²) in [6.07, 6.45) is 5.87. The van der Waals surface area contributed by atoms with Crippen LogP contribution in [0.2, 0.25) is 0 Å². The number of para-hydroxylation sites is 1. The summed E-state index contributed by atoms with van der Waals surface area (Å²) in [6.45, 7) is 4.00. The van der Waals surface area contributed by atoms with E-state index < -0.39 is 5.97 Å². The van der Waals surface area contributed by atoms with E-state index in [2.05, 4.69) is 13.0 Å². The molecule has 1 N–H and O–H groups in total. The van der Waals surface area contributed by atoms with Crippen molar-refractivity contribution in [1.82, 2.24) is 0 Å². The molecule has 0 spiro atoms. The van der Waals surface area contributed by atoms with E-state index in [1.54, 1.807) is 24.3 Å². The summed E-state index contributed by atoms with van der Waals surface area (Å²) < 4.78 is 5.62. The Hall–Kier alpha value is -1.77. The highest BCUT2D eigenvalue weighted by Crippen LogP contribution is 2.20. The standard InChI is InChI=1S/C14H18O3/c1-3-4-5-8-11(2)17-13-10-7-6-9-12(13)14(15)16/h4-7,9-11H,3,8H2,1-2H3,(H,15,16)/b5-4-. The molecule has 0 saturated carbocycles. The molecule has 0 radical (unpaired) electrons. The van der Waals surface area contributed by atoms with Crippen LogP contribution >= 0.6 is 0 Å². The summed E-state index contributed by atoms with van der Waals surface area (Å²) in [5.41, 5.74) is 0.207. The van der Waals surface area contributed by atoms with Crippen molar-refractivity contribution in [1.29, 1.82) is 0 Å². The van der Waals surface area contributed by atoms with Crippen molar-refractivity contribution in [3.63, 3.8) is 0 Å². The van der Waals surface area contributed by atoms with Crippen LogP contribution in [0.15, 0.2) is 36.4 Å². The molecular formula is C14H18O3. The lowest BCUT2D eigenvalue weighted by atomic mass is 10.2. The number of rotatable bonds is 6. The fourth-order valence-corrected chi connectivity index (χ4v) is 1.47. The number of aromatic carboxylic acids is 1. The maximum Gasteiger partial charge on any atom is 0.339 e. The zero-order valence-electron chi connectivity index (χ0n) is 10.2. The van der Waals surface area contributed by atoms with Crippen molar-refractivity contribution >= 4 is 5.97 Å². The van der Waals surface area contributed by atoms with E-state index in [9.17, 15) is 4.79 Å². The fourth-order valence-electron chi connectivity index (χ4n) is 1.47. The minimum atomic E-state index is -0.961. The summed E-state index contributed by atoms with van der Waals surface area (Å²) in [5.74, 6) is -0.533. The predicted octanol–water partition coefficient (Wildman–Crippen LogP) is 3.51. The highest BCUT2D eigenvalue weighted by Gasteiger charge is 2.12. The van der Waals surface area contributed by atoms with Gasteiger partial charge in [0.1, 0.15) is 11.3 Å². The van der Waals surface area contributed by atoms with Gasteiger partial charge in [-0.1, -0.05) is 31.2 Å². The third kappa shape index (κ3) is 4.31. The number of allylic oxidation sites excluding steroid dienone is 1. The number of ether oxygens (including phenoxy) is 1. The first-order valence-electron chi connectivity index (χ1n) is 5.79. The van der Waals surface area contributed by atoms with Crippen LogP contribution in [-0.2, 0) is 0 Å². The second-order valence-electron chi connectivity index (χ2n) is 3.85. The number of benzene rings is 1. The average Bonchev–Trinajstić information content (AvgIpc) is 2.29. The van der Waals surface area contributed by atoms with Crippen molar-refractivity contribution < 1.29 is 14.6 Å². The van der Waals surface area contributed by atoms with Gasteiger partial charge in [-0.3, -0.25) is 0 Å². The Morgan fingerprint density at radius 3 is 2.76 bits per heavy atom. The average molecular weight is 234 g/mol. The molecule has 1 rings (SSSR count). The van der Waals surface area contributed by atoms with Crippen molar-refractivity contribution in [2.75, 3.05) is 0 Å².